The first-order valence-corrected chi connectivity index (χ1v) is 10.4. The van der Waals surface area contributed by atoms with Gasteiger partial charge in [0.05, 0.1) is 19.1 Å². The van der Waals surface area contributed by atoms with Crippen LogP contribution in [0.5, 0.6) is 5.75 Å². The Morgan fingerprint density at radius 1 is 1.43 bits per heavy atom. The molecule has 0 unspecified atom stereocenters. The van der Waals surface area contributed by atoms with Crippen LogP contribution in [0.4, 0.5) is 5.69 Å². The summed E-state index contributed by atoms with van der Waals surface area (Å²) >= 11 is 11.8. The van der Waals surface area contributed by atoms with E-state index in [9.17, 15) is 0 Å². The molecular weight excluding hydrogens is 392 g/mol. The molecular formula is C21H27ClN4OS. The highest BCUT2D eigenvalue weighted by Gasteiger charge is 2.18. The number of aromatic nitrogens is 2. The van der Waals surface area contributed by atoms with Gasteiger partial charge in [-0.25, -0.2) is 4.98 Å². The van der Waals surface area contributed by atoms with E-state index in [1.54, 1.807) is 13.2 Å². The van der Waals surface area contributed by atoms with Gasteiger partial charge in [0.1, 0.15) is 5.75 Å². The van der Waals surface area contributed by atoms with E-state index in [4.69, 9.17) is 28.6 Å². The van der Waals surface area contributed by atoms with E-state index in [0.29, 0.717) is 16.7 Å². The minimum absolute atomic E-state index is 0.630. The predicted octanol–water partition coefficient (Wildman–Crippen LogP) is 4.99. The third-order valence-corrected chi connectivity index (χ3v) is 5.55. The number of imidazole rings is 1. The Labute approximate surface area is 177 Å². The van der Waals surface area contributed by atoms with Gasteiger partial charge < -0.3 is 19.5 Å². The second kappa shape index (κ2) is 10.5. The van der Waals surface area contributed by atoms with Crippen LogP contribution in [0.15, 0.2) is 49.1 Å². The van der Waals surface area contributed by atoms with Gasteiger partial charge in [-0.15, -0.1) is 0 Å². The number of thiocarbonyl (C=S) groups is 1. The summed E-state index contributed by atoms with van der Waals surface area (Å²) in [6, 6.07) is 5.53. The van der Waals surface area contributed by atoms with Crippen LogP contribution < -0.4 is 10.1 Å². The molecule has 2 aromatic rings. The molecule has 1 aromatic carbocycles. The fraction of sp³-hybridized carbons (Fsp3) is 0.429. The first-order chi connectivity index (χ1) is 13.7. The molecule has 0 fully saturated rings. The molecule has 0 spiro atoms. The van der Waals surface area contributed by atoms with Crippen molar-refractivity contribution in [2.24, 2.45) is 5.92 Å². The number of aryl methyl sites for hydroxylation is 1. The van der Waals surface area contributed by atoms with Crippen molar-refractivity contribution >= 4 is 34.6 Å². The molecule has 150 valence electrons. The molecule has 1 atom stereocenters. The number of benzene rings is 1. The summed E-state index contributed by atoms with van der Waals surface area (Å²) in [7, 11) is 1.64. The van der Waals surface area contributed by atoms with Crippen LogP contribution >= 0.6 is 23.8 Å². The summed E-state index contributed by atoms with van der Waals surface area (Å²) < 4.78 is 7.54. The smallest absolute Gasteiger partial charge is 0.173 e. The second-order valence-corrected chi connectivity index (χ2v) is 7.85. The zero-order chi connectivity index (χ0) is 19.8. The number of rotatable bonds is 8. The predicted molar refractivity (Wildman–Crippen MR) is 119 cm³/mol. The van der Waals surface area contributed by atoms with E-state index < -0.39 is 0 Å². The van der Waals surface area contributed by atoms with Gasteiger partial charge in [0, 0.05) is 43.1 Å². The van der Waals surface area contributed by atoms with Crippen molar-refractivity contribution < 1.29 is 4.74 Å². The summed E-state index contributed by atoms with van der Waals surface area (Å²) in [6.07, 6.45) is 14.7. The Bertz CT molecular complexity index is 794. The summed E-state index contributed by atoms with van der Waals surface area (Å²) in [6.45, 7) is 2.77. The number of hydrogen-bond donors (Lipinski definition) is 1. The Balaban J connectivity index is 1.65. The second-order valence-electron chi connectivity index (χ2n) is 7.03. The number of halogens is 1. The van der Waals surface area contributed by atoms with E-state index in [1.807, 2.05) is 30.9 Å². The molecule has 1 aromatic heterocycles. The third-order valence-electron chi connectivity index (χ3n) is 4.95. The third kappa shape index (κ3) is 5.97. The van der Waals surface area contributed by atoms with E-state index >= 15 is 0 Å². The molecule has 0 saturated carbocycles. The maximum Gasteiger partial charge on any atom is 0.173 e. The molecule has 5 nitrogen and oxygen atoms in total. The van der Waals surface area contributed by atoms with Crippen LogP contribution in [0.25, 0.3) is 0 Å². The van der Waals surface area contributed by atoms with Gasteiger partial charge >= 0.3 is 0 Å². The lowest BCUT2D eigenvalue weighted by Gasteiger charge is -2.31. The van der Waals surface area contributed by atoms with Crippen LogP contribution in [-0.4, -0.2) is 39.8 Å². The number of allylic oxidation sites excluding steroid dienone is 2. The SMILES string of the molecule is COc1cc(Cl)ccc1NC(=S)N(CCCn1ccnc1)C[C@@H]1CC=CCC1. The zero-order valence-corrected chi connectivity index (χ0v) is 17.8. The molecule has 3 rings (SSSR count). The zero-order valence-electron chi connectivity index (χ0n) is 16.2. The van der Waals surface area contributed by atoms with Gasteiger partial charge in [-0.3, -0.25) is 0 Å². The Hall–Kier alpha value is -2.05. The Kier molecular flexibility index (Phi) is 7.74. The summed E-state index contributed by atoms with van der Waals surface area (Å²) in [5.41, 5.74) is 0.833. The molecule has 0 saturated heterocycles. The number of nitrogens with zero attached hydrogens (tertiary/aromatic N) is 3. The van der Waals surface area contributed by atoms with Crippen LogP contribution in [0.1, 0.15) is 25.7 Å². The van der Waals surface area contributed by atoms with Crippen molar-refractivity contribution in [3.05, 3.63) is 54.1 Å². The molecule has 1 aliphatic rings. The number of ether oxygens (including phenoxy) is 1. The molecule has 7 heteroatoms. The van der Waals surface area contributed by atoms with Crippen molar-refractivity contribution in [2.75, 3.05) is 25.5 Å². The fourth-order valence-electron chi connectivity index (χ4n) is 3.44. The first kappa shape index (κ1) is 20.7. The van der Waals surface area contributed by atoms with Crippen LogP contribution in [-0.2, 0) is 6.54 Å². The quantitative estimate of drug-likeness (QED) is 0.483. The molecule has 0 bridgehead atoms. The van der Waals surface area contributed by atoms with Gasteiger partial charge in [0.2, 0.25) is 0 Å². The van der Waals surface area contributed by atoms with Crippen molar-refractivity contribution in [1.82, 2.24) is 14.5 Å². The number of hydrogen-bond acceptors (Lipinski definition) is 3. The molecule has 1 aliphatic carbocycles. The number of methoxy groups -OCH3 is 1. The average Bonchev–Trinajstić information content (AvgIpc) is 3.22. The fourth-order valence-corrected chi connectivity index (χ4v) is 3.87. The van der Waals surface area contributed by atoms with Crippen molar-refractivity contribution in [3.8, 4) is 5.75 Å². The minimum Gasteiger partial charge on any atom is -0.495 e. The Morgan fingerprint density at radius 2 is 2.32 bits per heavy atom. The highest BCUT2D eigenvalue weighted by molar-refractivity contribution is 7.80. The topological polar surface area (TPSA) is 42.3 Å². The van der Waals surface area contributed by atoms with Gasteiger partial charge in [0.25, 0.3) is 0 Å². The van der Waals surface area contributed by atoms with Crippen LogP contribution in [0, 0.1) is 5.92 Å². The molecule has 0 radical (unpaired) electrons. The van der Waals surface area contributed by atoms with E-state index in [1.165, 1.54) is 6.42 Å². The van der Waals surface area contributed by atoms with Crippen molar-refractivity contribution in [1.29, 1.82) is 0 Å². The van der Waals surface area contributed by atoms with Gasteiger partial charge in [-0.1, -0.05) is 23.8 Å². The van der Waals surface area contributed by atoms with Gasteiger partial charge in [0.15, 0.2) is 5.11 Å². The minimum atomic E-state index is 0.630. The van der Waals surface area contributed by atoms with E-state index in [2.05, 4.69) is 31.9 Å². The standard InChI is InChI=1S/C21H27ClN4OS/c1-27-20-14-18(22)8-9-19(20)24-21(28)26(15-17-6-3-2-4-7-17)12-5-11-25-13-10-23-16-25/h2-3,8-10,13-14,16-17H,4-7,11-12,15H2,1H3,(H,24,28)/t17-/m1/s1. The maximum absolute atomic E-state index is 6.08. The maximum atomic E-state index is 6.08. The lowest BCUT2D eigenvalue weighted by molar-refractivity contribution is 0.316. The van der Waals surface area contributed by atoms with Gasteiger partial charge in [-0.2, -0.15) is 0 Å². The summed E-state index contributed by atoms with van der Waals surface area (Å²) in [4.78, 5) is 6.39. The molecule has 1 N–H and O–H groups in total. The van der Waals surface area contributed by atoms with Crippen molar-refractivity contribution in [2.45, 2.75) is 32.2 Å². The lowest BCUT2D eigenvalue weighted by atomic mass is 9.94. The van der Waals surface area contributed by atoms with Crippen LogP contribution in [0.2, 0.25) is 5.02 Å². The largest absolute Gasteiger partial charge is 0.495 e. The Morgan fingerprint density at radius 3 is 3.04 bits per heavy atom. The summed E-state index contributed by atoms with van der Waals surface area (Å²) in [5.74, 6) is 1.32. The highest BCUT2D eigenvalue weighted by Crippen LogP contribution is 2.28. The van der Waals surface area contributed by atoms with E-state index in [0.717, 1.165) is 49.7 Å². The van der Waals surface area contributed by atoms with Gasteiger partial charge in [-0.05, 0) is 56.0 Å². The average molecular weight is 419 g/mol. The lowest BCUT2D eigenvalue weighted by Crippen LogP contribution is -2.39. The van der Waals surface area contributed by atoms with Crippen LogP contribution in [0.3, 0.4) is 0 Å². The normalized spacial score (nSPS) is 16.0. The van der Waals surface area contributed by atoms with E-state index in [-0.39, 0.29) is 0 Å². The molecule has 1 heterocycles. The molecule has 0 amide bonds. The number of nitrogens with one attached hydrogen (secondary N) is 1. The molecule has 28 heavy (non-hydrogen) atoms. The van der Waals surface area contributed by atoms with Crippen molar-refractivity contribution in [3.63, 3.8) is 0 Å². The first-order valence-electron chi connectivity index (χ1n) is 9.66. The number of anilines is 1. The molecule has 0 aliphatic heterocycles. The summed E-state index contributed by atoms with van der Waals surface area (Å²) in [5, 5.41) is 4.72. The monoisotopic (exact) mass is 418 g/mol. The highest BCUT2D eigenvalue weighted by atomic mass is 35.5.